The van der Waals surface area contributed by atoms with E-state index in [9.17, 15) is 21.6 Å². The molecule has 2 aliphatic rings. The van der Waals surface area contributed by atoms with E-state index >= 15 is 0 Å². The predicted molar refractivity (Wildman–Crippen MR) is 103 cm³/mol. The second-order valence-corrected chi connectivity index (χ2v) is 10.7. The Morgan fingerprint density at radius 2 is 1.68 bits per heavy atom. The van der Waals surface area contributed by atoms with Crippen LogP contribution in [0.4, 0.5) is 0 Å². The second-order valence-electron chi connectivity index (χ2n) is 6.72. The summed E-state index contributed by atoms with van der Waals surface area (Å²) in [6.45, 7) is 2.27. The molecule has 1 amide bonds. The van der Waals surface area contributed by atoms with Gasteiger partial charge in [0.25, 0.3) is 5.91 Å². The van der Waals surface area contributed by atoms with Crippen LogP contribution in [0.3, 0.4) is 0 Å². The Hall–Kier alpha value is -1.53. The number of nitrogens with zero attached hydrogens (tertiary/aromatic N) is 2. The fourth-order valence-electron chi connectivity index (χ4n) is 3.22. The lowest BCUT2D eigenvalue weighted by atomic mass is 10.2. The van der Waals surface area contributed by atoms with E-state index in [1.54, 1.807) is 0 Å². The third-order valence-corrected chi connectivity index (χ3v) is 8.57. The van der Waals surface area contributed by atoms with Crippen LogP contribution in [0.25, 0.3) is 0 Å². The Balaban J connectivity index is 1.60. The second kappa shape index (κ2) is 8.87. The zero-order valence-electron chi connectivity index (χ0n) is 15.5. The molecule has 1 aromatic rings. The first-order chi connectivity index (χ1) is 13.3. The van der Waals surface area contributed by atoms with Gasteiger partial charge in [-0.25, -0.2) is 16.8 Å². The van der Waals surface area contributed by atoms with Gasteiger partial charge in [-0.1, -0.05) is 6.07 Å². The molecule has 0 atom stereocenters. The highest BCUT2D eigenvalue weighted by Crippen LogP contribution is 2.21. The number of carbonyl (C=O) groups is 1. The molecule has 0 saturated carbocycles. The summed E-state index contributed by atoms with van der Waals surface area (Å²) < 4.78 is 57.7. The van der Waals surface area contributed by atoms with Crippen LogP contribution in [0, 0.1) is 0 Å². The van der Waals surface area contributed by atoms with Crippen molar-refractivity contribution in [1.29, 1.82) is 0 Å². The van der Waals surface area contributed by atoms with Crippen molar-refractivity contribution in [2.24, 2.45) is 0 Å². The third-order valence-electron chi connectivity index (χ3n) is 4.81. The number of carbonyl (C=O) groups excluding carboxylic acids is 1. The number of nitrogens with one attached hydrogen (secondary N) is 1. The summed E-state index contributed by atoms with van der Waals surface area (Å²) in [6, 6.07) is 5.82. The van der Waals surface area contributed by atoms with Gasteiger partial charge in [0.2, 0.25) is 20.0 Å². The van der Waals surface area contributed by atoms with Gasteiger partial charge in [0.1, 0.15) is 0 Å². The molecule has 0 aromatic heterocycles. The van der Waals surface area contributed by atoms with Crippen LogP contribution in [0.5, 0.6) is 0 Å². The minimum absolute atomic E-state index is 0.0539. The van der Waals surface area contributed by atoms with E-state index in [1.807, 2.05) is 0 Å². The van der Waals surface area contributed by atoms with E-state index in [0.717, 1.165) is 12.8 Å². The highest BCUT2D eigenvalue weighted by Gasteiger charge is 2.28. The molecule has 2 saturated heterocycles. The number of hydrogen-bond acceptors (Lipinski definition) is 6. The average Bonchev–Trinajstić information content (AvgIpc) is 3.24. The Bertz CT molecular complexity index is 905. The molecule has 0 aliphatic carbocycles. The summed E-state index contributed by atoms with van der Waals surface area (Å²) in [4.78, 5) is 12.4. The summed E-state index contributed by atoms with van der Waals surface area (Å²) in [5.74, 6) is -0.722. The molecule has 2 aliphatic heterocycles. The Labute approximate surface area is 165 Å². The molecule has 0 bridgehead atoms. The maximum atomic E-state index is 12.6. The van der Waals surface area contributed by atoms with Gasteiger partial charge >= 0.3 is 0 Å². The molecule has 1 aromatic carbocycles. The smallest absolute Gasteiger partial charge is 0.251 e. The van der Waals surface area contributed by atoms with Gasteiger partial charge in [0, 0.05) is 38.3 Å². The number of rotatable bonds is 7. The zero-order valence-corrected chi connectivity index (χ0v) is 17.2. The maximum absolute atomic E-state index is 12.6. The van der Waals surface area contributed by atoms with Crippen molar-refractivity contribution in [3.63, 3.8) is 0 Å². The van der Waals surface area contributed by atoms with Crippen molar-refractivity contribution in [2.45, 2.75) is 17.7 Å². The molecule has 28 heavy (non-hydrogen) atoms. The number of ether oxygens (including phenoxy) is 1. The van der Waals surface area contributed by atoms with Crippen LogP contribution in [0.1, 0.15) is 23.2 Å². The quantitative estimate of drug-likeness (QED) is 0.643. The average molecular weight is 432 g/mol. The van der Waals surface area contributed by atoms with Crippen molar-refractivity contribution in [2.75, 3.05) is 51.7 Å². The van der Waals surface area contributed by atoms with E-state index in [1.165, 1.54) is 32.9 Å². The van der Waals surface area contributed by atoms with Crippen LogP contribution in [-0.4, -0.2) is 83.0 Å². The van der Waals surface area contributed by atoms with Gasteiger partial charge in [-0.15, -0.1) is 0 Å². The Kier molecular flexibility index (Phi) is 6.71. The van der Waals surface area contributed by atoms with Crippen molar-refractivity contribution in [3.8, 4) is 0 Å². The van der Waals surface area contributed by atoms with E-state index in [2.05, 4.69) is 5.32 Å². The molecule has 156 valence electrons. The van der Waals surface area contributed by atoms with Crippen LogP contribution < -0.4 is 5.32 Å². The normalized spacial score (nSPS) is 19.6. The number of morpholine rings is 1. The minimum atomic E-state index is -3.61. The molecular weight excluding hydrogens is 406 g/mol. The maximum Gasteiger partial charge on any atom is 0.251 e. The zero-order chi connectivity index (χ0) is 20.2. The Morgan fingerprint density at radius 3 is 2.36 bits per heavy atom. The molecule has 3 rings (SSSR count). The summed E-state index contributed by atoms with van der Waals surface area (Å²) in [7, 11) is -7.08. The lowest BCUT2D eigenvalue weighted by Gasteiger charge is -2.26. The molecule has 2 heterocycles. The van der Waals surface area contributed by atoms with Crippen LogP contribution in [0.15, 0.2) is 29.2 Å². The van der Waals surface area contributed by atoms with Crippen LogP contribution in [-0.2, 0) is 24.8 Å². The number of amides is 1. The largest absolute Gasteiger partial charge is 0.379 e. The van der Waals surface area contributed by atoms with Crippen molar-refractivity contribution >= 4 is 26.0 Å². The third kappa shape index (κ3) is 4.90. The summed E-state index contributed by atoms with van der Waals surface area (Å²) >= 11 is 0. The van der Waals surface area contributed by atoms with E-state index in [4.69, 9.17) is 4.74 Å². The molecule has 0 radical (unpaired) electrons. The van der Waals surface area contributed by atoms with Gasteiger partial charge < -0.3 is 10.1 Å². The highest BCUT2D eigenvalue weighted by atomic mass is 32.2. The van der Waals surface area contributed by atoms with Crippen LogP contribution in [0.2, 0.25) is 0 Å². The monoisotopic (exact) mass is 431 g/mol. The van der Waals surface area contributed by atoms with Crippen molar-refractivity contribution in [3.05, 3.63) is 29.8 Å². The van der Waals surface area contributed by atoms with Crippen molar-refractivity contribution in [1.82, 2.24) is 13.9 Å². The van der Waals surface area contributed by atoms with Gasteiger partial charge in [0.15, 0.2) is 0 Å². The summed E-state index contributed by atoms with van der Waals surface area (Å²) in [6.07, 6.45) is 1.66. The first-order valence-electron chi connectivity index (χ1n) is 9.25. The van der Waals surface area contributed by atoms with Gasteiger partial charge in [-0.3, -0.25) is 4.79 Å². The molecular formula is C17H25N3O6S2. The molecule has 0 unspecified atom stereocenters. The summed E-state index contributed by atoms with van der Waals surface area (Å²) in [5.41, 5.74) is 0.184. The standard InChI is InChI=1S/C17H25N3O6S2/c21-17(18-6-13-27(22,23)19-9-11-26-12-10-19)15-4-3-5-16(14-15)28(24,25)20-7-1-2-8-20/h3-5,14H,1-2,6-13H2,(H,18,21). The fraction of sp³-hybridized carbons (Fsp3) is 0.588. The number of hydrogen-bond donors (Lipinski definition) is 1. The number of benzene rings is 1. The fourth-order valence-corrected chi connectivity index (χ4v) is 6.11. The van der Waals surface area contributed by atoms with Crippen molar-refractivity contribution < 1.29 is 26.4 Å². The first kappa shape index (κ1) is 21.2. The van der Waals surface area contributed by atoms with E-state index in [-0.39, 0.29) is 22.8 Å². The Morgan fingerprint density at radius 1 is 1.00 bits per heavy atom. The molecule has 1 N–H and O–H groups in total. The van der Waals surface area contributed by atoms with Gasteiger partial charge in [-0.05, 0) is 31.0 Å². The van der Waals surface area contributed by atoms with Gasteiger partial charge in [-0.2, -0.15) is 8.61 Å². The predicted octanol–water partition coefficient (Wildman–Crippen LogP) is -0.137. The van der Waals surface area contributed by atoms with Gasteiger partial charge in [0.05, 0.1) is 23.9 Å². The van der Waals surface area contributed by atoms with Crippen LogP contribution >= 0.6 is 0 Å². The highest BCUT2D eigenvalue weighted by molar-refractivity contribution is 7.89. The molecule has 0 spiro atoms. The van der Waals surface area contributed by atoms with E-state index < -0.39 is 26.0 Å². The topological polar surface area (TPSA) is 113 Å². The molecule has 9 nitrogen and oxygen atoms in total. The molecule has 11 heteroatoms. The minimum Gasteiger partial charge on any atom is -0.379 e. The number of sulfonamides is 2. The van der Waals surface area contributed by atoms with E-state index in [0.29, 0.717) is 39.4 Å². The SMILES string of the molecule is O=C(NCCS(=O)(=O)N1CCOCC1)c1cccc(S(=O)(=O)N2CCCC2)c1. The lowest BCUT2D eigenvalue weighted by molar-refractivity contribution is 0.0730. The lowest BCUT2D eigenvalue weighted by Crippen LogP contribution is -2.43. The summed E-state index contributed by atoms with van der Waals surface area (Å²) in [5, 5.41) is 2.56. The first-order valence-corrected chi connectivity index (χ1v) is 12.3. The molecule has 2 fully saturated rings.